The lowest BCUT2D eigenvalue weighted by molar-refractivity contribution is -0.129. The van der Waals surface area contributed by atoms with Crippen LogP contribution in [0.5, 0.6) is 0 Å². The average molecular weight is 355 g/mol. The van der Waals surface area contributed by atoms with Crippen LogP contribution in [0.15, 0.2) is 58.5 Å². The molecule has 0 bridgehead atoms. The smallest absolute Gasteiger partial charge is 0.290 e. The first-order chi connectivity index (χ1) is 12.5. The van der Waals surface area contributed by atoms with Crippen molar-refractivity contribution >= 4 is 11.7 Å². The summed E-state index contributed by atoms with van der Waals surface area (Å²) in [6.07, 6.45) is 3.69. The highest BCUT2D eigenvalue weighted by atomic mass is 16.3. The number of amides is 1. The Morgan fingerprint density at radius 2 is 2.12 bits per heavy atom. The lowest BCUT2D eigenvalue weighted by atomic mass is 9.98. The van der Waals surface area contributed by atoms with E-state index in [-0.39, 0.29) is 11.3 Å². The van der Waals surface area contributed by atoms with Gasteiger partial charge in [0.2, 0.25) is 5.78 Å². The van der Waals surface area contributed by atoms with Crippen LogP contribution < -0.4 is 0 Å². The predicted molar refractivity (Wildman–Crippen MR) is 94.6 cm³/mol. The normalized spacial score (nSPS) is 17.4. The fourth-order valence-electron chi connectivity index (χ4n) is 3.06. The lowest BCUT2D eigenvalue weighted by Gasteiger charge is -2.26. The molecule has 0 saturated carbocycles. The van der Waals surface area contributed by atoms with Crippen LogP contribution in [0.1, 0.15) is 28.7 Å². The number of carbonyl (C=O) groups excluding carboxylic acids is 2. The second-order valence-corrected chi connectivity index (χ2v) is 6.38. The highest BCUT2D eigenvalue weighted by molar-refractivity contribution is 6.14. The monoisotopic (exact) mass is 355 g/mol. The molecule has 0 radical (unpaired) electrons. The number of aromatic nitrogens is 1. The van der Waals surface area contributed by atoms with Gasteiger partial charge in [0.25, 0.3) is 5.91 Å². The van der Waals surface area contributed by atoms with Crippen LogP contribution in [-0.4, -0.2) is 58.8 Å². The number of carbonyl (C=O) groups is 2. The Morgan fingerprint density at radius 1 is 1.31 bits per heavy atom. The molecule has 0 saturated heterocycles. The van der Waals surface area contributed by atoms with Crippen molar-refractivity contribution in [3.05, 3.63) is 65.6 Å². The van der Waals surface area contributed by atoms with E-state index < -0.39 is 23.5 Å². The first kappa shape index (κ1) is 17.9. The van der Waals surface area contributed by atoms with Gasteiger partial charge in [-0.15, -0.1) is 0 Å². The van der Waals surface area contributed by atoms with E-state index in [0.29, 0.717) is 18.7 Å². The molecule has 3 rings (SSSR count). The third-order valence-electron chi connectivity index (χ3n) is 4.27. The number of aliphatic hydroxyl groups excluding tert-OH is 1. The minimum absolute atomic E-state index is 0.00787. The number of aliphatic hydroxyl groups is 1. The SMILES string of the molecule is CN(C)CCCN1C(=O)C(O)=C(C(=O)c2ccco2)[C@H]1c1ccccn1. The molecule has 1 aliphatic rings. The van der Waals surface area contributed by atoms with Crippen LogP contribution in [0.3, 0.4) is 0 Å². The van der Waals surface area contributed by atoms with E-state index in [1.165, 1.54) is 17.2 Å². The van der Waals surface area contributed by atoms with Gasteiger partial charge in [-0.2, -0.15) is 0 Å². The van der Waals surface area contributed by atoms with Crippen LogP contribution in [0.25, 0.3) is 0 Å². The molecule has 136 valence electrons. The Kier molecular flexibility index (Phi) is 5.18. The molecule has 26 heavy (non-hydrogen) atoms. The molecule has 0 spiro atoms. The van der Waals surface area contributed by atoms with Gasteiger partial charge in [0.15, 0.2) is 11.5 Å². The number of rotatable bonds is 7. The number of hydrogen-bond acceptors (Lipinski definition) is 6. The van der Waals surface area contributed by atoms with Crippen molar-refractivity contribution in [2.45, 2.75) is 12.5 Å². The van der Waals surface area contributed by atoms with Crippen LogP contribution in [0.4, 0.5) is 0 Å². The van der Waals surface area contributed by atoms with Gasteiger partial charge >= 0.3 is 0 Å². The summed E-state index contributed by atoms with van der Waals surface area (Å²) in [6, 6.07) is 7.65. The van der Waals surface area contributed by atoms with Crippen LogP contribution in [0, 0.1) is 0 Å². The lowest BCUT2D eigenvalue weighted by Crippen LogP contribution is -2.33. The summed E-state index contributed by atoms with van der Waals surface area (Å²) in [5.74, 6) is -1.52. The summed E-state index contributed by atoms with van der Waals surface area (Å²) in [7, 11) is 3.90. The zero-order valence-electron chi connectivity index (χ0n) is 14.8. The van der Waals surface area contributed by atoms with Gasteiger partial charge < -0.3 is 19.3 Å². The van der Waals surface area contributed by atoms with Gasteiger partial charge in [-0.1, -0.05) is 6.07 Å². The number of nitrogens with zero attached hydrogens (tertiary/aromatic N) is 3. The van der Waals surface area contributed by atoms with E-state index in [2.05, 4.69) is 4.98 Å². The molecule has 0 aliphatic carbocycles. The average Bonchev–Trinajstić information content (AvgIpc) is 3.24. The van der Waals surface area contributed by atoms with Crippen LogP contribution in [0.2, 0.25) is 0 Å². The minimum atomic E-state index is -0.733. The summed E-state index contributed by atoms with van der Waals surface area (Å²) in [5.41, 5.74) is 0.540. The predicted octanol–water partition coefficient (Wildman–Crippen LogP) is 2.20. The van der Waals surface area contributed by atoms with E-state index in [1.807, 2.05) is 19.0 Å². The number of pyridine rings is 1. The standard InChI is InChI=1S/C19H21N3O4/c1-21(2)10-6-11-22-16(13-7-3-4-9-20-13)15(18(24)19(22)25)17(23)14-8-5-12-26-14/h3-5,7-9,12,16,24H,6,10-11H2,1-2H3/t16-/m1/s1. The van der Waals surface area contributed by atoms with E-state index in [9.17, 15) is 14.7 Å². The van der Waals surface area contributed by atoms with Crippen molar-refractivity contribution in [3.8, 4) is 0 Å². The summed E-state index contributed by atoms with van der Waals surface area (Å²) in [5, 5.41) is 10.4. The van der Waals surface area contributed by atoms with Crippen molar-refractivity contribution in [2.75, 3.05) is 27.2 Å². The first-order valence-electron chi connectivity index (χ1n) is 8.38. The molecule has 1 atom stereocenters. The summed E-state index contributed by atoms with van der Waals surface area (Å²) >= 11 is 0. The molecule has 0 fully saturated rings. The van der Waals surface area contributed by atoms with Gasteiger partial charge in [-0.3, -0.25) is 14.6 Å². The van der Waals surface area contributed by atoms with Gasteiger partial charge in [-0.25, -0.2) is 0 Å². The summed E-state index contributed by atoms with van der Waals surface area (Å²) < 4.78 is 5.17. The Hall–Kier alpha value is -2.93. The largest absolute Gasteiger partial charge is 0.503 e. The van der Waals surface area contributed by atoms with Crippen molar-refractivity contribution in [1.29, 1.82) is 0 Å². The van der Waals surface area contributed by atoms with Crippen LogP contribution >= 0.6 is 0 Å². The highest BCUT2D eigenvalue weighted by Crippen LogP contribution is 2.38. The zero-order valence-corrected chi connectivity index (χ0v) is 14.8. The molecule has 0 aromatic carbocycles. The maximum absolute atomic E-state index is 12.8. The van der Waals surface area contributed by atoms with E-state index in [4.69, 9.17) is 4.42 Å². The van der Waals surface area contributed by atoms with Gasteiger partial charge in [0, 0.05) is 12.7 Å². The van der Waals surface area contributed by atoms with E-state index in [0.717, 1.165) is 6.54 Å². The zero-order chi connectivity index (χ0) is 18.7. The third kappa shape index (κ3) is 3.39. The molecule has 2 aromatic heterocycles. The Balaban J connectivity index is 1.97. The Labute approximate surface area is 151 Å². The summed E-state index contributed by atoms with van der Waals surface area (Å²) in [6.45, 7) is 1.18. The molecule has 1 N–H and O–H groups in total. The topological polar surface area (TPSA) is 86.9 Å². The molecule has 7 heteroatoms. The van der Waals surface area contributed by atoms with E-state index >= 15 is 0 Å². The van der Waals surface area contributed by atoms with Crippen LogP contribution in [-0.2, 0) is 4.79 Å². The van der Waals surface area contributed by atoms with Crippen molar-refractivity contribution < 1.29 is 19.1 Å². The molecule has 3 heterocycles. The fourth-order valence-corrected chi connectivity index (χ4v) is 3.06. The fraction of sp³-hybridized carbons (Fsp3) is 0.316. The Bertz CT molecular complexity index is 813. The minimum Gasteiger partial charge on any atom is -0.503 e. The maximum atomic E-state index is 12.8. The molecule has 7 nitrogen and oxygen atoms in total. The highest BCUT2D eigenvalue weighted by Gasteiger charge is 2.44. The first-order valence-corrected chi connectivity index (χ1v) is 8.38. The second kappa shape index (κ2) is 7.53. The molecule has 2 aromatic rings. The van der Waals surface area contributed by atoms with Crippen molar-refractivity contribution in [1.82, 2.24) is 14.8 Å². The van der Waals surface area contributed by atoms with Gasteiger partial charge in [-0.05, 0) is 51.3 Å². The van der Waals surface area contributed by atoms with E-state index in [1.54, 1.807) is 30.5 Å². The van der Waals surface area contributed by atoms with Gasteiger partial charge in [0.05, 0.1) is 17.5 Å². The molecular weight excluding hydrogens is 334 g/mol. The van der Waals surface area contributed by atoms with Crippen molar-refractivity contribution in [3.63, 3.8) is 0 Å². The third-order valence-corrected chi connectivity index (χ3v) is 4.27. The van der Waals surface area contributed by atoms with Crippen molar-refractivity contribution in [2.24, 2.45) is 0 Å². The van der Waals surface area contributed by atoms with Gasteiger partial charge in [0.1, 0.15) is 6.04 Å². The molecule has 1 aliphatic heterocycles. The second-order valence-electron chi connectivity index (χ2n) is 6.38. The number of hydrogen-bond donors (Lipinski definition) is 1. The Morgan fingerprint density at radius 3 is 2.73 bits per heavy atom. The molecule has 0 unspecified atom stereocenters. The molecule has 1 amide bonds. The number of ketones is 1. The number of Topliss-reactive ketones (excluding diaryl/α,β-unsaturated/α-hetero) is 1. The quantitative estimate of drug-likeness (QED) is 0.766. The maximum Gasteiger partial charge on any atom is 0.290 e. The summed E-state index contributed by atoms with van der Waals surface area (Å²) in [4.78, 5) is 33.3. The number of furan rings is 1. The molecular formula is C19H21N3O4.